The van der Waals surface area contributed by atoms with Gasteiger partial charge in [-0.2, -0.15) is 0 Å². The fourth-order valence-electron chi connectivity index (χ4n) is 1.83. The number of tetrazole rings is 1. The van der Waals surface area contributed by atoms with Crippen molar-refractivity contribution in [3.8, 4) is 11.5 Å². The molecule has 0 aliphatic rings. The van der Waals surface area contributed by atoms with Crippen LogP contribution in [-0.2, 0) is 13.6 Å². The van der Waals surface area contributed by atoms with Crippen molar-refractivity contribution in [3.05, 3.63) is 22.2 Å². The number of rotatable bonds is 7. The van der Waals surface area contributed by atoms with Gasteiger partial charge in [0.05, 0.1) is 17.7 Å². The number of nitrogens with one attached hydrogen (secondary N) is 1. The summed E-state index contributed by atoms with van der Waals surface area (Å²) < 4.78 is 13.7. The quantitative estimate of drug-likeness (QED) is 0.821. The molecule has 0 atom stereocenters. The number of benzene rings is 1. The third-order valence-corrected chi connectivity index (χ3v) is 3.32. The number of hydrogen-bond acceptors (Lipinski definition) is 6. The first kappa shape index (κ1) is 15.6. The summed E-state index contributed by atoms with van der Waals surface area (Å²) in [4.78, 5) is 0. The van der Waals surface area contributed by atoms with Crippen molar-refractivity contribution in [1.82, 2.24) is 20.2 Å². The van der Waals surface area contributed by atoms with E-state index in [0.29, 0.717) is 25.7 Å². The van der Waals surface area contributed by atoms with E-state index in [9.17, 15) is 0 Å². The first-order chi connectivity index (χ1) is 10.2. The van der Waals surface area contributed by atoms with Gasteiger partial charge < -0.3 is 14.8 Å². The molecule has 1 N–H and O–H groups in total. The van der Waals surface area contributed by atoms with Crippen LogP contribution in [0.25, 0.3) is 0 Å². The SMILES string of the molecule is CCOc1cc(CNc2nnnn2C)cc(Br)c1OCC. The summed E-state index contributed by atoms with van der Waals surface area (Å²) in [5.41, 5.74) is 1.04. The van der Waals surface area contributed by atoms with Crippen LogP contribution in [0.2, 0.25) is 0 Å². The number of hydrogen-bond donors (Lipinski definition) is 1. The summed E-state index contributed by atoms with van der Waals surface area (Å²) in [6.45, 7) is 5.63. The maximum Gasteiger partial charge on any atom is 0.242 e. The summed E-state index contributed by atoms with van der Waals surface area (Å²) in [5, 5.41) is 14.4. The number of ether oxygens (including phenoxy) is 2. The van der Waals surface area contributed by atoms with Gasteiger partial charge in [0.15, 0.2) is 11.5 Å². The average Bonchev–Trinajstić information content (AvgIpc) is 2.86. The predicted molar refractivity (Wildman–Crippen MR) is 82.6 cm³/mol. The van der Waals surface area contributed by atoms with Gasteiger partial charge in [-0.05, 0) is 57.9 Å². The van der Waals surface area contributed by atoms with Crippen molar-refractivity contribution in [3.63, 3.8) is 0 Å². The van der Waals surface area contributed by atoms with Crippen molar-refractivity contribution in [1.29, 1.82) is 0 Å². The number of aryl methyl sites for hydroxylation is 1. The molecule has 0 saturated heterocycles. The first-order valence-electron chi connectivity index (χ1n) is 6.70. The lowest BCUT2D eigenvalue weighted by Crippen LogP contribution is -2.07. The molecule has 0 aliphatic heterocycles. The Kier molecular flexibility index (Phi) is 5.38. The van der Waals surface area contributed by atoms with Gasteiger partial charge in [-0.25, -0.2) is 4.68 Å². The van der Waals surface area contributed by atoms with Gasteiger partial charge in [-0.1, -0.05) is 5.10 Å². The normalized spacial score (nSPS) is 10.5. The maximum absolute atomic E-state index is 5.64. The summed E-state index contributed by atoms with van der Waals surface area (Å²) in [6.07, 6.45) is 0. The van der Waals surface area contributed by atoms with Crippen LogP contribution in [0, 0.1) is 0 Å². The third kappa shape index (κ3) is 3.84. The van der Waals surface area contributed by atoms with Crippen LogP contribution in [0.1, 0.15) is 19.4 Å². The molecule has 1 aromatic carbocycles. The van der Waals surface area contributed by atoms with Gasteiger partial charge in [0, 0.05) is 13.6 Å². The Bertz CT molecular complexity index is 602. The minimum atomic E-state index is 0.580. The second-order valence-corrected chi connectivity index (χ2v) is 5.10. The average molecular weight is 356 g/mol. The Labute approximate surface area is 131 Å². The number of anilines is 1. The van der Waals surface area contributed by atoms with Gasteiger partial charge in [0.1, 0.15) is 0 Å². The molecular formula is C13H18BrN5O2. The minimum Gasteiger partial charge on any atom is -0.490 e. The van der Waals surface area contributed by atoms with Crippen LogP contribution >= 0.6 is 15.9 Å². The lowest BCUT2D eigenvalue weighted by atomic mass is 10.2. The van der Waals surface area contributed by atoms with Crippen LogP contribution in [-0.4, -0.2) is 33.4 Å². The van der Waals surface area contributed by atoms with E-state index in [1.54, 1.807) is 11.7 Å². The summed E-state index contributed by atoms with van der Waals surface area (Å²) in [5.74, 6) is 2.06. The minimum absolute atomic E-state index is 0.580. The molecular weight excluding hydrogens is 338 g/mol. The standard InChI is InChI=1S/C13H18BrN5O2/c1-4-20-11-7-9(6-10(14)12(11)21-5-2)8-15-13-16-17-18-19(13)3/h6-7H,4-5,8H2,1-3H3,(H,15,16,18). The molecule has 0 amide bonds. The lowest BCUT2D eigenvalue weighted by molar-refractivity contribution is 0.286. The fraction of sp³-hybridized carbons (Fsp3) is 0.462. The molecule has 7 nitrogen and oxygen atoms in total. The van der Waals surface area contributed by atoms with Crippen molar-refractivity contribution in [2.24, 2.45) is 7.05 Å². The van der Waals surface area contributed by atoms with Crippen LogP contribution in [0.4, 0.5) is 5.95 Å². The van der Waals surface area contributed by atoms with Gasteiger partial charge in [-0.3, -0.25) is 0 Å². The molecule has 2 aromatic rings. The Morgan fingerprint density at radius 1 is 1.24 bits per heavy atom. The van der Waals surface area contributed by atoms with E-state index < -0.39 is 0 Å². The van der Waals surface area contributed by atoms with Crippen LogP contribution in [0.3, 0.4) is 0 Å². The summed E-state index contributed by atoms with van der Waals surface area (Å²) in [6, 6.07) is 3.94. The highest BCUT2D eigenvalue weighted by atomic mass is 79.9. The highest BCUT2D eigenvalue weighted by Crippen LogP contribution is 2.37. The molecule has 0 aliphatic carbocycles. The Balaban J connectivity index is 2.18. The topological polar surface area (TPSA) is 74.1 Å². The van der Waals surface area contributed by atoms with Gasteiger partial charge in [-0.15, -0.1) is 0 Å². The highest BCUT2D eigenvalue weighted by molar-refractivity contribution is 9.10. The number of aromatic nitrogens is 4. The molecule has 0 bridgehead atoms. The predicted octanol–water partition coefficient (Wildman–Crippen LogP) is 2.38. The highest BCUT2D eigenvalue weighted by Gasteiger charge is 2.12. The molecule has 1 aromatic heterocycles. The van der Waals surface area contributed by atoms with E-state index >= 15 is 0 Å². The second kappa shape index (κ2) is 7.26. The van der Waals surface area contributed by atoms with Crippen molar-refractivity contribution < 1.29 is 9.47 Å². The van der Waals surface area contributed by atoms with E-state index in [0.717, 1.165) is 21.5 Å². The Morgan fingerprint density at radius 2 is 2.00 bits per heavy atom. The second-order valence-electron chi connectivity index (χ2n) is 4.25. The Morgan fingerprint density at radius 3 is 2.62 bits per heavy atom. The lowest BCUT2D eigenvalue weighted by Gasteiger charge is -2.14. The van der Waals surface area contributed by atoms with Crippen LogP contribution < -0.4 is 14.8 Å². The fourth-order valence-corrected chi connectivity index (χ4v) is 2.44. The Hall–Kier alpha value is -1.83. The zero-order valence-corrected chi connectivity index (χ0v) is 13.8. The molecule has 21 heavy (non-hydrogen) atoms. The molecule has 0 unspecified atom stereocenters. The van der Waals surface area contributed by atoms with E-state index in [4.69, 9.17) is 9.47 Å². The van der Waals surface area contributed by atoms with Crippen LogP contribution in [0.15, 0.2) is 16.6 Å². The van der Waals surface area contributed by atoms with E-state index in [2.05, 4.69) is 36.8 Å². The number of halogens is 1. The molecule has 0 saturated carbocycles. The summed E-state index contributed by atoms with van der Waals surface area (Å²) in [7, 11) is 1.78. The zero-order chi connectivity index (χ0) is 15.2. The monoisotopic (exact) mass is 355 g/mol. The van der Waals surface area contributed by atoms with Crippen molar-refractivity contribution in [2.75, 3.05) is 18.5 Å². The molecule has 114 valence electrons. The van der Waals surface area contributed by atoms with Crippen molar-refractivity contribution >= 4 is 21.9 Å². The maximum atomic E-state index is 5.64. The largest absolute Gasteiger partial charge is 0.490 e. The zero-order valence-electron chi connectivity index (χ0n) is 12.3. The summed E-state index contributed by atoms with van der Waals surface area (Å²) >= 11 is 3.52. The molecule has 0 spiro atoms. The van der Waals surface area contributed by atoms with E-state index in [-0.39, 0.29) is 0 Å². The van der Waals surface area contributed by atoms with E-state index in [1.165, 1.54) is 0 Å². The first-order valence-corrected chi connectivity index (χ1v) is 7.49. The van der Waals surface area contributed by atoms with Crippen molar-refractivity contribution in [2.45, 2.75) is 20.4 Å². The molecule has 8 heteroatoms. The molecule has 0 fully saturated rings. The van der Waals surface area contributed by atoms with Crippen LogP contribution in [0.5, 0.6) is 11.5 Å². The molecule has 1 heterocycles. The van der Waals surface area contributed by atoms with Gasteiger partial charge in [0.2, 0.25) is 5.95 Å². The van der Waals surface area contributed by atoms with Gasteiger partial charge in [0.25, 0.3) is 0 Å². The van der Waals surface area contributed by atoms with Gasteiger partial charge >= 0.3 is 0 Å². The van der Waals surface area contributed by atoms with E-state index in [1.807, 2.05) is 26.0 Å². The molecule has 0 radical (unpaired) electrons. The smallest absolute Gasteiger partial charge is 0.242 e. The molecule has 2 rings (SSSR count). The third-order valence-electron chi connectivity index (χ3n) is 2.73. The number of nitrogens with zero attached hydrogens (tertiary/aromatic N) is 4.